The molecule has 1 atom stereocenters. The summed E-state index contributed by atoms with van der Waals surface area (Å²) < 4.78 is 1.86. The van der Waals surface area contributed by atoms with E-state index in [4.69, 9.17) is 0 Å². The summed E-state index contributed by atoms with van der Waals surface area (Å²) in [5, 5.41) is 7.42. The number of aromatic nitrogens is 2. The number of fused-ring (bicyclic) bond motifs is 1. The zero-order valence-corrected chi connectivity index (χ0v) is 14.1. The Morgan fingerprint density at radius 2 is 2.00 bits per heavy atom. The van der Waals surface area contributed by atoms with Crippen molar-refractivity contribution < 1.29 is 4.79 Å². The Labute approximate surface area is 147 Å². The smallest absolute Gasteiger partial charge is 0.251 e. The average molecular weight is 331 g/mol. The number of aryl methyl sites for hydroxylation is 1. The summed E-state index contributed by atoms with van der Waals surface area (Å²) in [6.45, 7) is 0.672. The van der Waals surface area contributed by atoms with E-state index < -0.39 is 0 Å². The van der Waals surface area contributed by atoms with E-state index in [0.29, 0.717) is 12.1 Å². The SMILES string of the molecule is O=C(NC1CCc2ccccc2C1)c1cccc(Cn2cccn2)c1. The van der Waals surface area contributed by atoms with Crippen molar-refractivity contribution in [3.63, 3.8) is 0 Å². The van der Waals surface area contributed by atoms with E-state index in [1.807, 2.05) is 41.2 Å². The highest BCUT2D eigenvalue weighted by molar-refractivity contribution is 5.94. The molecule has 0 radical (unpaired) electrons. The minimum absolute atomic E-state index is 0.00620. The first-order chi connectivity index (χ1) is 12.3. The van der Waals surface area contributed by atoms with E-state index in [1.54, 1.807) is 6.20 Å². The van der Waals surface area contributed by atoms with Gasteiger partial charge in [-0.1, -0.05) is 36.4 Å². The van der Waals surface area contributed by atoms with Crippen LogP contribution in [0.1, 0.15) is 33.5 Å². The number of carbonyl (C=O) groups is 1. The predicted octanol–water partition coefficient (Wildman–Crippen LogP) is 3.22. The van der Waals surface area contributed by atoms with Crippen LogP contribution in [-0.2, 0) is 19.4 Å². The summed E-state index contributed by atoms with van der Waals surface area (Å²) in [6, 6.07) is 18.4. The van der Waals surface area contributed by atoms with Gasteiger partial charge in [-0.2, -0.15) is 5.10 Å². The topological polar surface area (TPSA) is 46.9 Å². The third kappa shape index (κ3) is 3.63. The van der Waals surface area contributed by atoms with Crippen LogP contribution in [0.15, 0.2) is 67.0 Å². The van der Waals surface area contributed by atoms with Crippen LogP contribution in [0.5, 0.6) is 0 Å². The molecule has 1 aliphatic carbocycles. The summed E-state index contributed by atoms with van der Waals surface area (Å²) in [5.41, 5.74) is 4.55. The number of hydrogen-bond donors (Lipinski definition) is 1. The molecule has 1 heterocycles. The average Bonchev–Trinajstić information content (AvgIpc) is 3.15. The monoisotopic (exact) mass is 331 g/mol. The van der Waals surface area contributed by atoms with Gasteiger partial charge in [0.1, 0.15) is 0 Å². The molecule has 1 N–H and O–H groups in total. The molecule has 3 aromatic rings. The van der Waals surface area contributed by atoms with Gasteiger partial charge in [0.15, 0.2) is 0 Å². The molecule has 25 heavy (non-hydrogen) atoms. The van der Waals surface area contributed by atoms with Gasteiger partial charge in [-0.15, -0.1) is 0 Å². The maximum Gasteiger partial charge on any atom is 0.251 e. The Bertz CT molecular complexity index is 870. The largest absolute Gasteiger partial charge is 0.349 e. The summed E-state index contributed by atoms with van der Waals surface area (Å²) >= 11 is 0. The number of carbonyl (C=O) groups excluding carboxylic acids is 1. The predicted molar refractivity (Wildman–Crippen MR) is 97.5 cm³/mol. The minimum atomic E-state index is 0.00620. The van der Waals surface area contributed by atoms with Crippen LogP contribution in [0.4, 0.5) is 0 Å². The van der Waals surface area contributed by atoms with Gasteiger partial charge in [0.25, 0.3) is 5.91 Å². The van der Waals surface area contributed by atoms with Crippen LogP contribution in [0.25, 0.3) is 0 Å². The number of nitrogens with zero attached hydrogens (tertiary/aromatic N) is 2. The van der Waals surface area contributed by atoms with Crippen molar-refractivity contribution in [2.75, 3.05) is 0 Å². The van der Waals surface area contributed by atoms with Gasteiger partial charge in [-0.25, -0.2) is 0 Å². The fourth-order valence-corrected chi connectivity index (χ4v) is 3.48. The summed E-state index contributed by atoms with van der Waals surface area (Å²) in [5.74, 6) is 0.00620. The molecule has 0 saturated carbocycles. The molecule has 0 saturated heterocycles. The first-order valence-corrected chi connectivity index (χ1v) is 8.72. The quantitative estimate of drug-likeness (QED) is 0.798. The Hall–Kier alpha value is -2.88. The van der Waals surface area contributed by atoms with Crippen LogP contribution in [0.2, 0.25) is 0 Å². The second-order valence-corrected chi connectivity index (χ2v) is 6.59. The van der Waals surface area contributed by atoms with Crippen LogP contribution in [-0.4, -0.2) is 21.7 Å². The molecule has 1 aromatic heterocycles. The maximum absolute atomic E-state index is 12.6. The third-order valence-electron chi connectivity index (χ3n) is 4.77. The number of hydrogen-bond acceptors (Lipinski definition) is 2. The van der Waals surface area contributed by atoms with Gasteiger partial charge in [0, 0.05) is 24.0 Å². The van der Waals surface area contributed by atoms with E-state index in [0.717, 1.165) is 24.8 Å². The highest BCUT2D eigenvalue weighted by atomic mass is 16.1. The Morgan fingerprint density at radius 1 is 1.12 bits per heavy atom. The fourth-order valence-electron chi connectivity index (χ4n) is 3.48. The van der Waals surface area contributed by atoms with Gasteiger partial charge >= 0.3 is 0 Å². The maximum atomic E-state index is 12.6. The van der Waals surface area contributed by atoms with Gasteiger partial charge < -0.3 is 5.32 Å². The Morgan fingerprint density at radius 3 is 2.84 bits per heavy atom. The zero-order chi connectivity index (χ0) is 17.1. The van der Waals surface area contributed by atoms with E-state index >= 15 is 0 Å². The molecule has 126 valence electrons. The summed E-state index contributed by atoms with van der Waals surface area (Å²) in [7, 11) is 0. The number of nitrogens with one attached hydrogen (secondary N) is 1. The van der Waals surface area contributed by atoms with Crippen molar-refractivity contribution in [3.05, 3.63) is 89.2 Å². The van der Waals surface area contributed by atoms with Crippen LogP contribution in [0.3, 0.4) is 0 Å². The fraction of sp³-hybridized carbons (Fsp3) is 0.238. The van der Waals surface area contributed by atoms with E-state index in [-0.39, 0.29) is 11.9 Å². The van der Waals surface area contributed by atoms with Crippen molar-refractivity contribution in [2.24, 2.45) is 0 Å². The standard InChI is InChI=1S/C21H21N3O/c25-21(23-20-10-9-17-6-1-2-7-18(17)14-20)19-8-3-5-16(13-19)15-24-12-4-11-22-24/h1-8,11-13,20H,9-10,14-15H2,(H,23,25). The van der Waals surface area contributed by atoms with Gasteiger partial charge in [-0.05, 0) is 54.2 Å². The second-order valence-electron chi connectivity index (χ2n) is 6.59. The summed E-state index contributed by atoms with van der Waals surface area (Å²) in [6.07, 6.45) is 6.62. The molecule has 0 aliphatic heterocycles. The van der Waals surface area contributed by atoms with Crippen molar-refractivity contribution in [1.82, 2.24) is 15.1 Å². The van der Waals surface area contributed by atoms with Crippen LogP contribution < -0.4 is 5.32 Å². The molecule has 1 aliphatic rings. The molecular formula is C21H21N3O. The zero-order valence-electron chi connectivity index (χ0n) is 14.1. The van der Waals surface area contributed by atoms with E-state index in [2.05, 4.69) is 34.7 Å². The normalized spacial score (nSPS) is 16.2. The van der Waals surface area contributed by atoms with Crippen LogP contribution >= 0.6 is 0 Å². The lowest BCUT2D eigenvalue weighted by molar-refractivity contribution is 0.0933. The first kappa shape index (κ1) is 15.6. The minimum Gasteiger partial charge on any atom is -0.349 e. The molecule has 1 amide bonds. The third-order valence-corrected chi connectivity index (χ3v) is 4.77. The van der Waals surface area contributed by atoms with Gasteiger partial charge in [0.05, 0.1) is 6.54 Å². The van der Waals surface area contributed by atoms with E-state index in [1.165, 1.54) is 11.1 Å². The van der Waals surface area contributed by atoms with Gasteiger partial charge in [0.2, 0.25) is 0 Å². The number of amides is 1. The molecule has 4 rings (SSSR count). The molecule has 1 unspecified atom stereocenters. The molecule has 0 bridgehead atoms. The Balaban J connectivity index is 1.43. The van der Waals surface area contributed by atoms with Crippen molar-refractivity contribution in [3.8, 4) is 0 Å². The molecule has 4 nitrogen and oxygen atoms in total. The second kappa shape index (κ2) is 6.93. The van der Waals surface area contributed by atoms with Gasteiger partial charge in [-0.3, -0.25) is 9.48 Å². The lowest BCUT2D eigenvalue weighted by atomic mass is 9.88. The molecule has 0 spiro atoms. The molecule has 0 fully saturated rings. The molecule has 2 aromatic carbocycles. The van der Waals surface area contributed by atoms with Crippen molar-refractivity contribution >= 4 is 5.91 Å². The lowest BCUT2D eigenvalue weighted by Crippen LogP contribution is -2.38. The van der Waals surface area contributed by atoms with E-state index in [9.17, 15) is 4.79 Å². The highest BCUT2D eigenvalue weighted by Gasteiger charge is 2.20. The number of benzene rings is 2. The molecular weight excluding hydrogens is 310 g/mol. The number of rotatable bonds is 4. The Kier molecular flexibility index (Phi) is 4.34. The van der Waals surface area contributed by atoms with Crippen molar-refractivity contribution in [2.45, 2.75) is 31.8 Å². The lowest BCUT2D eigenvalue weighted by Gasteiger charge is -2.25. The summed E-state index contributed by atoms with van der Waals surface area (Å²) in [4.78, 5) is 12.6. The molecule has 4 heteroatoms. The van der Waals surface area contributed by atoms with Crippen LogP contribution in [0, 0.1) is 0 Å². The highest BCUT2D eigenvalue weighted by Crippen LogP contribution is 2.21. The first-order valence-electron chi connectivity index (χ1n) is 8.72. The van der Waals surface area contributed by atoms with Crippen molar-refractivity contribution in [1.29, 1.82) is 0 Å².